The van der Waals surface area contributed by atoms with Crippen molar-refractivity contribution in [3.8, 4) is 11.5 Å². The normalized spacial score (nSPS) is 12.6. The lowest BCUT2D eigenvalue weighted by molar-refractivity contribution is 0.367. The highest BCUT2D eigenvalue weighted by Gasteiger charge is 2.10. The Bertz CT molecular complexity index is 271. The van der Waals surface area contributed by atoms with Crippen molar-refractivity contribution in [1.29, 1.82) is 0 Å². The summed E-state index contributed by atoms with van der Waals surface area (Å²) in [5, 5.41) is 9.36. The number of benzene rings is 1. The van der Waals surface area contributed by atoms with Crippen molar-refractivity contribution < 1.29 is 9.84 Å². The molecule has 1 rings (SSSR count). The average Bonchev–Trinajstić information content (AvgIpc) is 2.03. The number of phenolic OH excluding ortho intramolecular Hbond substituents is 1. The van der Waals surface area contributed by atoms with Crippen LogP contribution in [0.15, 0.2) is 18.2 Å². The number of aromatic hydroxyl groups is 1. The van der Waals surface area contributed by atoms with E-state index in [1.807, 2.05) is 13.0 Å². The lowest BCUT2D eigenvalue weighted by Crippen LogP contribution is -2.06. The standard InChI is InChI=1S/C9H13NO2/c1-6(10)7-4-3-5-8(11)9(7)12-2/h3-6,11H,10H2,1-2H3/t6-/m1/s1. The van der Waals surface area contributed by atoms with Crippen molar-refractivity contribution in [3.05, 3.63) is 23.8 Å². The average molecular weight is 167 g/mol. The minimum Gasteiger partial charge on any atom is -0.504 e. The number of nitrogens with two attached hydrogens (primary N) is 1. The van der Waals surface area contributed by atoms with Crippen LogP contribution >= 0.6 is 0 Å². The van der Waals surface area contributed by atoms with Gasteiger partial charge in [-0.2, -0.15) is 0 Å². The van der Waals surface area contributed by atoms with Crippen molar-refractivity contribution in [1.82, 2.24) is 0 Å². The molecule has 1 aromatic carbocycles. The Balaban J connectivity index is 3.18. The lowest BCUT2D eigenvalue weighted by atomic mass is 10.1. The Labute approximate surface area is 71.8 Å². The molecule has 66 valence electrons. The molecular formula is C9H13NO2. The third-order valence-electron chi connectivity index (χ3n) is 1.72. The number of hydrogen-bond acceptors (Lipinski definition) is 3. The van der Waals surface area contributed by atoms with Gasteiger partial charge >= 0.3 is 0 Å². The number of hydrogen-bond donors (Lipinski definition) is 2. The van der Waals surface area contributed by atoms with E-state index in [0.29, 0.717) is 5.75 Å². The van der Waals surface area contributed by atoms with Gasteiger partial charge < -0.3 is 15.6 Å². The molecule has 0 heterocycles. The summed E-state index contributed by atoms with van der Waals surface area (Å²) in [6.45, 7) is 1.84. The molecule has 0 amide bonds. The van der Waals surface area contributed by atoms with Crippen LogP contribution < -0.4 is 10.5 Å². The van der Waals surface area contributed by atoms with Crippen LogP contribution in [0.25, 0.3) is 0 Å². The first-order valence-electron chi connectivity index (χ1n) is 3.78. The maximum atomic E-state index is 9.36. The first-order valence-corrected chi connectivity index (χ1v) is 3.78. The predicted octanol–water partition coefficient (Wildman–Crippen LogP) is 1.42. The van der Waals surface area contributed by atoms with E-state index in [1.54, 1.807) is 12.1 Å². The third kappa shape index (κ3) is 1.51. The molecule has 3 N–H and O–H groups in total. The molecule has 0 spiro atoms. The quantitative estimate of drug-likeness (QED) is 0.700. The molecule has 1 atom stereocenters. The molecule has 0 saturated heterocycles. The Morgan fingerprint density at radius 3 is 2.58 bits per heavy atom. The van der Waals surface area contributed by atoms with E-state index in [1.165, 1.54) is 7.11 Å². The second-order valence-corrected chi connectivity index (χ2v) is 2.69. The van der Waals surface area contributed by atoms with Crippen LogP contribution in [0.4, 0.5) is 0 Å². The molecule has 3 nitrogen and oxygen atoms in total. The van der Waals surface area contributed by atoms with Gasteiger partial charge in [-0.15, -0.1) is 0 Å². The van der Waals surface area contributed by atoms with E-state index in [9.17, 15) is 5.11 Å². The summed E-state index contributed by atoms with van der Waals surface area (Å²) in [7, 11) is 1.51. The van der Waals surface area contributed by atoms with Crippen molar-refractivity contribution >= 4 is 0 Å². The van der Waals surface area contributed by atoms with Crippen LogP contribution in [-0.4, -0.2) is 12.2 Å². The summed E-state index contributed by atoms with van der Waals surface area (Å²) < 4.78 is 5.01. The Morgan fingerprint density at radius 2 is 2.17 bits per heavy atom. The second kappa shape index (κ2) is 3.45. The zero-order chi connectivity index (χ0) is 9.14. The monoisotopic (exact) mass is 167 g/mol. The topological polar surface area (TPSA) is 55.5 Å². The van der Waals surface area contributed by atoms with Crippen LogP contribution in [0, 0.1) is 0 Å². The first kappa shape index (κ1) is 8.87. The van der Waals surface area contributed by atoms with Crippen molar-refractivity contribution in [2.45, 2.75) is 13.0 Å². The van der Waals surface area contributed by atoms with Gasteiger partial charge in [-0.25, -0.2) is 0 Å². The van der Waals surface area contributed by atoms with Crippen molar-refractivity contribution in [3.63, 3.8) is 0 Å². The predicted molar refractivity (Wildman–Crippen MR) is 47.3 cm³/mol. The minimum absolute atomic E-state index is 0.132. The van der Waals surface area contributed by atoms with Crippen molar-refractivity contribution in [2.24, 2.45) is 5.73 Å². The largest absolute Gasteiger partial charge is 0.504 e. The van der Waals surface area contributed by atoms with Crippen LogP contribution in [-0.2, 0) is 0 Å². The van der Waals surface area contributed by atoms with E-state index >= 15 is 0 Å². The highest BCUT2D eigenvalue weighted by Crippen LogP contribution is 2.32. The molecule has 0 bridgehead atoms. The van der Waals surface area contributed by atoms with Crippen LogP contribution in [0.2, 0.25) is 0 Å². The van der Waals surface area contributed by atoms with Gasteiger partial charge in [0.25, 0.3) is 0 Å². The molecule has 0 unspecified atom stereocenters. The van der Waals surface area contributed by atoms with Gasteiger partial charge in [0.2, 0.25) is 0 Å². The molecule has 0 fully saturated rings. The number of phenols is 1. The molecular weight excluding hydrogens is 154 g/mol. The molecule has 0 aliphatic carbocycles. The fourth-order valence-electron chi connectivity index (χ4n) is 1.12. The van der Waals surface area contributed by atoms with Gasteiger partial charge in [0.1, 0.15) is 0 Å². The molecule has 3 heteroatoms. The van der Waals surface area contributed by atoms with Crippen LogP contribution in [0.5, 0.6) is 11.5 Å². The van der Waals surface area contributed by atoms with E-state index in [0.717, 1.165) is 5.56 Å². The van der Waals surface area contributed by atoms with Gasteiger partial charge in [0, 0.05) is 11.6 Å². The molecule has 0 aliphatic rings. The second-order valence-electron chi connectivity index (χ2n) is 2.69. The van der Waals surface area contributed by atoms with E-state index in [2.05, 4.69) is 0 Å². The molecule has 0 radical (unpaired) electrons. The van der Waals surface area contributed by atoms with Crippen LogP contribution in [0.1, 0.15) is 18.5 Å². The molecule has 1 aromatic rings. The van der Waals surface area contributed by atoms with Gasteiger partial charge in [-0.3, -0.25) is 0 Å². The van der Waals surface area contributed by atoms with Gasteiger partial charge in [0.15, 0.2) is 11.5 Å². The highest BCUT2D eigenvalue weighted by atomic mass is 16.5. The Kier molecular flexibility index (Phi) is 2.55. The number of para-hydroxylation sites is 1. The third-order valence-corrected chi connectivity index (χ3v) is 1.72. The lowest BCUT2D eigenvalue weighted by Gasteiger charge is -2.12. The van der Waals surface area contributed by atoms with E-state index in [-0.39, 0.29) is 11.8 Å². The minimum atomic E-state index is -0.132. The summed E-state index contributed by atoms with van der Waals surface area (Å²) in [6, 6.07) is 5.02. The van der Waals surface area contributed by atoms with Crippen molar-refractivity contribution in [2.75, 3.05) is 7.11 Å². The zero-order valence-electron chi connectivity index (χ0n) is 7.24. The molecule has 0 saturated carbocycles. The SMILES string of the molecule is COc1c(O)cccc1[C@@H](C)N. The maximum Gasteiger partial charge on any atom is 0.165 e. The van der Waals surface area contributed by atoms with Gasteiger partial charge in [-0.05, 0) is 13.0 Å². The van der Waals surface area contributed by atoms with E-state index in [4.69, 9.17) is 10.5 Å². The molecule has 0 aliphatic heterocycles. The molecule has 12 heavy (non-hydrogen) atoms. The van der Waals surface area contributed by atoms with Gasteiger partial charge in [0.05, 0.1) is 7.11 Å². The fourth-order valence-corrected chi connectivity index (χ4v) is 1.12. The summed E-state index contributed by atoms with van der Waals surface area (Å²) in [5.74, 6) is 0.597. The Hall–Kier alpha value is -1.22. The zero-order valence-corrected chi connectivity index (χ0v) is 7.24. The summed E-state index contributed by atoms with van der Waals surface area (Å²) in [6.07, 6.45) is 0. The number of rotatable bonds is 2. The summed E-state index contributed by atoms with van der Waals surface area (Å²) in [4.78, 5) is 0. The molecule has 0 aromatic heterocycles. The summed E-state index contributed by atoms with van der Waals surface area (Å²) in [5.41, 5.74) is 6.48. The first-order chi connectivity index (χ1) is 5.66. The Morgan fingerprint density at radius 1 is 1.50 bits per heavy atom. The smallest absolute Gasteiger partial charge is 0.165 e. The highest BCUT2D eigenvalue weighted by molar-refractivity contribution is 5.46. The number of ether oxygens (including phenoxy) is 1. The summed E-state index contributed by atoms with van der Waals surface area (Å²) >= 11 is 0. The fraction of sp³-hybridized carbons (Fsp3) is 0.333. The number of methoxy groups -OCH3 is 1. The maximum absolute atomic E-state index is 9.36. The van der Waals surface area contributed by atoms with Gasteiger partial charge in [-0.1, -0.05) is 12.1 Å². The van der Waals surface area contributed by atoms with Crippen LogP contribution in [0.3, 0.4) is 0 Å². The van der Waals surface area contributed by atoms with E-state index < -0.39 is 0 Å².